The van der Waals surface area contributed by atoms with E-state index in [0.717, 1.165) is 5.69 Å². The molecule has 0 spiro atoms. The molecule has 2 aromatic carbocycles. The normalized spacial score (nSPS) is 15.4. The summed E-state index contributed by atoms with van der Waals surface area (Å²) in [5.41, 5.74) is 1.88. The Bertz CT molecular complexity index is 1280. The number of anilines is 2. The molecule has 170 valence electrons. The van der Waals surface area contributed by atoms with Gasteiger partial charge in [0.2, 0.25) is 10.0 Å². The molecular formula is C22H24FN3O5S. The number of carbonyl (C=O) groups excluding carboxylic acids is 1. The van der Waals surface area contributed by atoms with Gasteiger partial charge in [-0.2, -0.15) is 0 Å². The molecule has 0 fully saturated rings. The average Bonchev–Trinajstić information content (AvgIpc) is 3.08. The predicted octanol–water partition coefficient (Wildman–Crippen LogP) is 3.08. The van der Waals surface area contributed by atoms with Gasteiger partial charge < -0.3 is 19.7 Å². The Balaban J connectivity index is 1.58. The van der Waals surface area contributed by atoms with Crippen molar-refractivity contribution in [1.82, 2.24) is 4.57 Å². The van der Waals surface area contributed by atoms with Crippen molar-refractivity contribution in [3.8, 4) is 0 Å². The number of hydrogen-bond acceptors (Lipinski definition) is 5. The van der Waals surface area contributed by atoms with Gasteiger partial charge >= 0.3 is 0 Å². The lowest BCUT2D eigenvalue weighted by atomic mass is 10.1. The van der Waals surface area contributed by atoms with Crippen LogP contribution in [0.5, 0.6) is 0 Å². The zero-order chi connectivity index (χ0) is 23.1. The topological polar surface area (TPSA) is 110 Å². The van der Waals surface area contributed by atoms with Crippen molar-refractivity contribution < 1.29 is 27.4 Å². The largest absolute Gasteiger partial charge is 0.395 e. The van der Waals surface area contributed by atoms with Crippen LogP contribution in [0.25, 0.3) is 10.9 Å². The zero-order valence-corrected chi connectivity index (χ0v) is 18.5. The highest BCUT2D eigenvalue weighted by Gasteiger charge is 2.29. The van der Waals surface area contributed by atoms with Crippen LogP contribution in [-0.2, 0) is 27.9 Å². The fourth-order valence-electron chi connectivity index (χ4n) is 3.73. The first-order valence-corrected chi connectivity index (χ1v) is 11.7. The Hall–Kier alpha value is -2.95. The molecule has 10 heteroatoms. The predicted molar refractivity (Wildman–Crippen MR) is 120 cm³/mol. The van der Waals surface area contributed by atoms with E-state index in [-0.39, 0.29) is 11.5 Å². The maximum atomic E-state index is 14.7. The summed E-state index contributed by atoms with van der Waals surface area (Å²) in [5, 5.41) is 12.2. The molecule has 0 bridgehead atoms. The number of halogens is 1. The van der Waals surface area contributed by atoms with Crippen LogP contribution in [0.2, 0.25) is 0 Å². The number of nitrogens with one attached hydrogen (secondary N) is 2. The van der Waals surface area contributed by atoms with Crippen molar-refractivity contribution in [3.05, 3.63) is 59.5 Å². The van der Waals surface area contributed by atoms with E-state index in [1.807, 2.05) is 24.5 Å². The van der Waals surface area contributed by atoms with Crippen molar-refractivity contribution in [1.29, 1.82) is 0 Å². The van der Waals surface area contributed by atoms with Crippen LogP contribution in [0.1, 0.15) is 29.9 Å². The maximum Gasteiger partial charge on any atom is 0.255 e. The maximum absolute atomic E-state index is 14.7. The smallest absolute Gasteiger partial charge is 0.255 e. The van der Waals surface area contributed by atoms with Gasteiger partial charge in [0.1, 0.15) is 5.82 Å². The Labute approximate surface area is 185 Å². The number of fused-ring (bicyclic) bond motifs is 3. The van der Waals surface area contributed by atoms with Crippen LogP contribution in [0.15, 0.2) is 42.5 Å². The lowest BCUT2D eigenvalue weighted by Gasteiger charge is -2.32. The molecule has 3 N–H and O–H groups in total. The molecule has 0 saturated heterocycles. The minimum atomic E-state index is -3.65. The van der Waals surface area contributed by atoms with E-state index in [1.54, 1.807) is 0 Å². The summed E-state index contributed by atoms with van der Waals surface area (Å²) < 4.78 is 48.2. The lowest BCUT2D eigenvalue weighted by molar-refractivity contribution is -0.0614. The monoisotopic (exact) mass is 461 g/mol. The highest BCUT2D eigenvalue weighted by molar-refractivity contribution is 7.92. The summed E-state index contributed by atoms with van der Waals surface area (Å²) in [4.78, 5) is 12.8. The van der Waals surface area contributed by atoms with Gasteiger partial charge in [-0.3, -0.25) is 9.52 Å². The zero-order valence-electron chi connectivity index (χ0n) is 17.7. The van der Waals surface area contributed by atoms with Crippen molar-refractivity contribution >= 4 is 38.2 Å². The standard InChI is InChI=1S/C22H24FN3O5S/c1-22(2)13-26-16(12-31-22)11-17-19(8-7-18(23)20(17)26)24-21(28)14-3-5-15(6-4-14)25-32(29,30)10-9-27/h3-8,11,25,27H,9-10,12-13H2,1-2H3,(H,24,28). The Morgan fingerprint density at radius 2 is 1.94 bits per heavy atom. The molecular weight excluding hydrogens is 437 g/mol. The van der Waals surface area contributed by atoms with Crippen LogP contribution < -0.4 is 10.0 Å². The van der Waals surface area contributed by atoms with Gasteiger partial charge in [-0.1, -0.05) is 0 Å². The van der Waals surface area contributed by atoms with Gasteiger partial charge in [0.15, 0.2) is 0 Å². The molecule has 1 aliphatic heterocycles. The number of sulfonamides is 1. The molecule has 8 nitrogen and oxygen atoms in total. The van der Waals surface area contributed by atoms with Crippen LogP contribution in [-0.4, -0.2) is 42.0 Å². The molecule has 4 rings (SSSR count). The number of amides is 1. The molecule has 0 unspecified atom stereocenters. The number of hydrogen-bond donors (Lipinski definition) is 3. The lowest BCUT2D eigenvalue weighted by Crippen LogP contribution is -2.35. The van der Waals surface area contributed by atoms with Gasteiger partial charge in [-0.15, -0.1) is 0 Å². The summed E-state index contributed by atoms with van der Waals surface area (Å²) in [5.74, 6) is -1.20. The number of rotatable bonds is 6. The Morgan fingerprint density at radius 3 is 2.62 bits per heavy atom. The number of aliphatic hydroxyl groups excluding tert-OH is 1. The third-order valence-corrected chi connectivity index (χ3v) is 6.54. The van der Waals surface area contributed by atoms with Crippen molar-refractivity contribution in [2.75, 3.05) is 22.4 Å². The number of aliphatic hydroxyl groups is 1. The minimum absolute atomic E-state index is 0.280. The first kappa shape index (κ1) is 22.3. The van der Waals surface area contributed by atoms with Gasteiger partial charge in [-0.25, -0.2) is 12.8 Å². The number of aromatic nitrogens is 1. The Kier molecular flexibility index (Phi) is 5.70. The quantitative estimate of drug-likeness (QED) is 0.523. The molecule has 3 aromatic rings. The number of benzene rings is 2. The van der Waals surface area contributed by atoms with Crippen molar-refractivity contribution in [3.63, 3.8) is 0 Å². The highest BCUT2D eigenvalue weighted by Crippen LogP contribution is 2.34. The van der Waals surface area contributed by atoms with E-state index < -0.39 is 33.9 Å². The molecule has 1 aromatic heterocycles. The average molecular weight is 462 g/mol. The molecule has 2 heterocycles. The second-order valence-corrected chi connectivity index (χ2v) is 10.1. The fraction of sp³-hybridized carbons (Fsp3) is 0.318. The van der Waals surface area contributed by atoms with E-state index in [4.69, 9.17) is 9.84 Å². The molecule has 0 aliphatic carbocycles. The van der Waals surface area contributed by atoms with E-state index >= 15 is 0 Å². The number of ether oxygens (including phenoxy) is 1. The van der Waals surface area contributed by atoms with Gasteiger partial charge in [0.25, 0.3) is 5.91 Å². The molecule has 0 radical (unpaired) electrons. The van der Waals surface area contributed by atoms with E-state index in [2.05, 4.69) is 10.0 Å². The Morgan fingerprint density at radius 1 is 1.22 bits per heavy atom. The molecule has 1 amide bonds. The van der Waals surface area contributed by atoms with Gasteiger partial charge in [0, 0.05) is 22.3 Å². The van der Waals surface area contributed by atoms with Gasteiger partial charge in [0.05, 0.1) is 42.3 Å². The fourth-order valence-corrected chi connectivity index (χ4v) is 4.57. The van der Waals surface area contributed by atoms with Crippen LogP contribution >= 0.6 is 0 Å². The first-order chi connectivity index (χ1) is 15.1. The van der Waals surface area contributed by atoms with Crippen LogP contribution in [0.4, 0.5) is 15.8 Å². The molecule has 0 saturated carbocycles. The first-order valence-electron chi connectivity index (χ1n) is 10.1. The van der Waals surface area contributed by atoms with Crippen molar-refractivity contribution in [2.45, 2.75) is 32.6 Å². The number of carbonyl (C=O) groups is 1. The third-order valence-electron chi connectivity index (χ3n) is 5.27. The van der Waals surface area contributed by atoms with Gasteiger partial charge in [-0.05, 0) is 56.3 Å². The van der Waals surface area contributed by atoms with Crippen LogP contribution in [0.3, 0.4) is 0 Å². The SMILES string of the molecule is CC1(C)Cn2c(cc3c(NC(=O)c4ccc(NS(=O)(=O)CCO)cc4)ccc(F)c32)CO1. The van der Waals surface area contributed by atoms with Crippen molar-refractivity contribution in [2.24, 2.45) is 0 Å². The number of nitrogens with zero attached hydrogens (tertiary/aromatic N) is 1. The third kappa shape index (κ3) is 4.47. The summed E-state index contributed by atoms with van der Waals surface area (Å²) in [6.07, 6.45) is 0. The van der Waals surface area contributed by atoms with E-state index in [1.165, 1.54) is 36.4 Å². The summed E-state index contributed by atoms with van der Waals surface area (Å²) in [6, 6.07) is 10.5. The molecule has 1 aliphatic rings. The molecule has 0 atom stereocenters. The summed E-state index contributed by atoms with van der Waals surface area (Å²) >= 11 is 0. The summed E-state index contributed by atoms with van der Waals surface area (Å²) in [7, 11) is -3.65. The van der Waals surface area contributed by atoms with Crippen LogP contribution in [0, 0.1) is 5.82 Å². The second kappa shape index (κ2) is 8.19. The molecule has 32 heavy (non-hydrogen) atoms. The second-order valence-electron chi connectivity index (χ2n) is 8.30. The van der Waals surface area contributed by atoms with E-state index in [0.29, 0.717) is 35.3 Å². The minimum Gasteiger partial charge on any atom is -0.395 e. The highest BCUT2D eigenvalue weighted by atomic mass is 32.2. The summed E-state index contributed by atoms with van der Waals surface area (Å²) in [6.45, 7) is 4.24. The van der Waals surface area contributed by atoms with E-state index in [9.17, 15) is 17.6 Å².